The normalized spacial score (nSPS) is 9.70. The number of benzene rings is 1. The number of nitrogens with zero attached hydrogens (tertiary/aromatic N) is 2. The van der Waals surface area contributed by atoms with Crippen LogP contribution in [-0.2, 0) is 0 Å². The van der Waals surface area contributed by atoms with Gasteiger partial charge in [-0.3, -0.25) is 0 Å². The number of ether oxygens (including phenoxy) is 2. The van der Waals surface area contributed by atoms with Gasteiger partial charge >= 0.3 is 0 Å². The molecule has 0 spiro atoms. The van der Waals surface area contributed by atoms with Crippen LogP contribution in [0.3, 0.4) is 0 Å². The number of aromatic nitrogens is 1. The fourth-order valence-corrected chi connectivity index (χ4v) is 1.85. The van der Waals surface area contributed by atoms with Crippen molar-refractivity contribution in [3.05, 3.63) is 41.6 Å². The Balaban J connectivity index is 2.38. The van der Waals surface area contributed by atoms with Crippen molar-refractivity contribution in [2.75, 3.05) is 19.5 Å². The molecule has 0 saturated carbocycles. The maximum atomic E-state index is 8.99. The summed E-state index contributed by atoms with van der Waals surface area (Å²) in [5.41, 5.74) is 2.06. The molecule has 0 aliphatic heterocycles. The summed E-state index contributed by atoms with van der Waals surface area (Å²) in [6.45, 7) is 1.84. The van der Waals surface area contributed by atoms with Crippen molar-refractivity contribution in [1.82, 2.24) is 4.98 Å². The van der Waals surface area contributed by atoms with Crippen molar-refractivity contribution < 1.29 is 9.47 Å². The van der Waals surface area contributed by atoms with Gasteiger partial charge in [-0.1, -0.05) is 0 Å². The first-order valence-corrected chi connectivity index (χ1v) is 6.04. The zero-order valence-electron chi connectivity index (χ0n) is 11.6. The Labute approximate surface area is 117 Å². The predicted octanol–water partition coefficient (Wildman–Crippen LogP) is 3.02. The van der Waals surface area contributed by atoms with Gasteiger partial charge in [0.05, 0.1) is 31.5 Å². The molecule has 5 nitrogen and oxygen atoms in total. The van der Waals surface area contributed by atoms with Gasteiger partial charge in [-0.15, -0.1) is 0 Å². The number of anilines is 2. The predicted molar refractivity (Wildman–Crippen MR) is 76.5 cm³/mol. The van der Waals surface area contributed by atoms with Crippen molar-refractivity contribution >= 4 is 11.5 Å². The standard InChI is InChI=1S/C15H15N3O2/c1-10-6-11(9-16)7-15(17-10)18-13-8-12(19-2)4-5-14(13)20-3/h4-8H,1-3H3,(H,17,18). The molecule has 0 atom stereocenters. The molecule has 0 radical (unpaired) electrons. The summed E-state index contributed by atoms with van der Waals surface area (Å²) in [5.74, 6) is 1.97. The van der Waals surface area contributed by atoms with Crippen LogP contribution >= 0.6 is 0 Å². The first kappa shape index (κ1) is 13.7. The molecule has 2 rings (SSSR count). The molecule has 20 heavy (non-hydrogen) atoms. The zero-order valence-corrected chi connectivity index (χ0v) is 11.6. The van der Waals surface area contributed by atoms with E-state index in [2.05, 4.69) is 16.4 Å². The molecular formula is C15H15N3O2. The summed E-state index contributed by atoms with van der Waals surface area (Å²) >= 11 is 0. The van der Waals surface area contributed by atoms with Gasteiger partial charge in [0, 0.05) is 11.8 Å². The number of nitriles is 1. The average molecular weight is 269 g/mol. The molecule has 0 fully saturated rings. The summed E-state index contributed by atoms with van der Waals surface area (Å²) in [4.78, 5) is 4.35. The number of nitrogens with one attached hydrogen (secondary N) is 1. The molecule has 0 unspecified atom stereocenters. The van der Waals surface area contributed by atoms with Gasteiger partial charge in [0.25, 0.3) is 0 Å². The molecule has 0 aliphatic carbocycles. The van der Waals surface area contributed by atoms with Crippen molar-refractivity contribution in [3.63, 3.8) is 0 Å². The molecule has 0 amide bonds. The summed E-state index contributed by atoms with van der Waals surface area (Å²) in [6.07, 6.45) is 0. The van der Waals surface area contributed by atoms with Gasteiger partial charge in [-0.05, 0) is 31.2 Å². The Morgan fingerprint density at radius 3 is 2.60 bits per heavy atom. The molecule has 0 bridgehead atoms. The maximum absolute atomic E-state index is 8.99. The number of aryl methyl sites for hydroxylation is 1. The third kappa shape index (κ3) is 2.98. The Morgan fingerprint density at radius 2 is 1.95 bits per heavy atom. The highest BCUT2D eigenvalue weighted by atomic mass is 16.5. The van der Waals surface area contributed by atoms with Crippen LogP contribution in [-0.4, -0.2) is 19.2 Å². The summed E-state index contributed by atoms with van der Waals surface area (Å²) < 4.78 is 10.5. The van der Waals surface area contributed by atoms with Crippen LogP contribution in [0, 0.1) is 18.3 Å². The largest absolute Gasteiger partial charge is 0.497 e. The minimum Gasteiger partial charge on any atom is -0.497 e. The fraction of sp³-hybridized carbons (Fsp3) is 0.200. The third-order valence-corrected chi connectivity index (χ3v) is 2.75. The molecule has 1 aromatic carbocycles. The lowest BCUT2D eigenvalue weighted by molar-refractivity contribution is 0.405. The van der Waals surface area contributed by atoms with Gasteiger partial charge in [0.2, 0.25) is 0 Å². The van der Waals surface area contributed by atoms with E-state index in [0.717, 1.165) is 11.4 Å². The van der Waals surface area contributed by atoms with E-state index in [1.54, 1.807) is 26.4 Å². The third-order valence-electron chi connectivity index (χ3n) is 2.75. The van der Waals surface area contributed by atoms with Crippen molar-refractivity contribution in [2.45, 2.75) is 6.92 Å². The lowest BCUT2D eigenvalue weighted by atomic mass is 10.2. The fourth-order valence-electron chi connectivity index (χ4n) is 1.85. The molecular weight excluding hydrogens is 254 g/mol. The molecule has 0 aliphatic rings. The van der Waals surface area contributed by atoms with E-state index in [9.17, 15) is 0 Å². The first-order chi connectivity index (χ1) is 9.66. The highest BCUT2D eigenvalue weighted by molar-refractivity contribution is 5.67. The van der Waals surface area contributed by atoms with Gasteiger partial charge in [-0.2, -0.15) is 5.26 Å². The van der Waals surface area contributed by atoms with Gasteiger partial charge in [-0.25, -0.2) is 4.98 Å². The maximum Gasteiger partial charge on any atom is 0.142 e. The number of rotatable bonds is 4. The Bertz CT molecular complexity index is 663. The smallest absolute Gasteiger partial charge is 0.142 e. The summed E-state index contributed by atoms with van der Waals surface area (Å²) in [6, 6.07) is 11.0. The molecule has 1 N–H and O–H groups in total. The van der Waals surface area contributed by atoms with Crippen molar-refractivity contribution in [1.29, 1.82) is 5.26 Å². The van der Waals surface area contributed by atoms with Gasteiger partial charge in [0.15, 0.2) is 0 Å². The molecule has 0 saturated heterocycles. The number of hydrogen-bond donors (Lipinski definition) is 1. The van der Waals surface area contributed by atoms with Gasteiger partial charge < -0.3 is 14.8 Å². The van der Waals surface area contributed by atoms with Crippen molar-refractivity contribution in [2.24, 2.45) is 0 Å². The monoisotopic (exact) mass is 269 g/mol. The van der Waals surface area contributed by atoms with Crippen LogP contribution in [0.5, 0.6) is 11.5 Å². The Kier molecular flexibility index (Phi) is 4.06. The van der Waals surface area contributed by atoms with Crippen LogP contribution in [0.4, 0.5) is 11.5 Å². The van der Waals surface area contributed by atoms with Crippen LogP contribution in [0.15, 0.2) is 30.3 Å². The zero-order chi connectivity index (χ0) is 14.5. The second kappa shape index (κ2) is 5.93. The van der Waals surface area contributed by atoms with E-state index in [1.807, 2.05) is 25.1 Å². The lowest BCUT2D eigenvalue weighted by Gasteiger charge is -2.12. The number of hydrogen-bond acceptors (Lipinski definition) is 5. The Morgan fingerprint density at radius 1 is 1.15 bits per heavy atom. The highest BCUT2D eigenvalue weighted by Crippen LogP contribution is 2.31. The van der Waals surface area contributed by atoms with E-state index in [-0.39, 0.29) is 0 Å². The van der Waals surface area contributed by atoms with E-state index in [1.165, 1.54) is 0 Å². The quantitative estimate of drug-likeness (QED) is 0.924. The molecule has 5 heteroatoms. The Hall–Kier alpha value is -2.74. The topological polar surface area (TPSA) is 67.2 Å². The van der Waals surface area contributed by atoms with Crippen LogP contribution < -0.4 is 14.8 Å². The molecule has 2 aromatic rings. The average Bonchev–Trinajstić information content (AvgIpc) is 2.46. The second-order valence-electron chi connectivity index (χ2n) is 4.19. The van der Waals surface area contributed by atoms with Crippen LogP contribution in [0.1, 0.15) is 11.3 Å². The van der Waals surface area contributed by atoms with Gasteiger partial charge in [0.1, 0.15) is 17.3 Å². The SMILES string of the molecule is COc1ccc(OC)c(Nc2cc(C#N)cc(C)n2)c1. The minimum atomic E-state index is 0.557. The summed E-state index contributed by atoms with van der Waals surface area (Å²) in [7, 11) is 3.20. The van der Waals surface area contributed by atoms with Crippen molar-refractivity contribution in [3.8, 4) is 17.6 Å². The molecule has 1 aromatic heterocycles. The molecule has 102 valence electrons. The summed E-state index contributed by atoms with van der Waals surface area (Å²) in [5, 5.41) is 12.1. The van der Waals surface area contributed by atoms with Crippen LogP contribution in [0.25, 0.3) is 0 Å². The van der Waals surface area contributed by atoms with E-state index in [4.69, 9.17) is 14.7 Å². The highest BCUT2D eigenvalue weighted by Gasteiger charge is 2.07. The first-order valence-electron chi connectivity index (χ1n) is 6.04. The van der Waals surface area contributed by atoms with E-state index in [0.29, 0.717) is 22.9 Å². The van der Waals surface area contributed by atoms with Crippen LogP contribution in [0.2, 0.25) is 0 Å². The number of methoxy groups -OCH3 is 2. The minimum absolute atomic E-state index is 0.557. The number of pyridine rings is 1. The second-order valence-corrected chi connectivity index (χ2v) is 4.19. The lowest BCUT2D eigenvalue weighted by Crippen LogP contribution is -1.99. The van der Waals surface area contributed by atoms with E-state index >= 15 is 0 Å². The van der Waals surface area contributed by atoms with E-state index < -0.39 is 0 Å². The molecule has 1 heterocycles.